The molecule has 26 heavy (non-hydrogen) atoms. The maximum atomic E-state index is 13.2. The predicted octanol–water partition coefficient (Wildman–Crippen LogP) is 3.17. The van der Waals surface area contributed by atoms with E-state index in [1.807, 2.05) is 0 Å². The van der Waals surface area contributed by atoms with Gasteiger partial charge in [-0.1, -0.05) is 0 Å². The summed E-state index contributed by atoms with van der Waals surface area (Å²) in [6.45, 7) is 1.33. The third-order valence-corrected chi connectivity index (χ3v) is 3.42. The molecule has 138 valence electrons. The highest BCUT2D eigenvalue weighted by atomic mass is 19.1. The van der Waals surface area contributed by atoms with Crippen LogP contribution in [-0.2, 0) is 9.53 Å². The molecule has 8 heteroatoms. The van der Waals surface area contributed by atoms with Crippen molar-refractivity contribution in [2.45, 2.75) is 13.0 Å². The van der Waals surface area contributed by atoms with Gasteiger partial charge in [0.15, 0.2) is 6.10 Å². The van der Waals surface area contributed by atoms with Crippen LogP contribution in [0.15, 0.2) is 36.4 Å². The molecule has 0 saturated heterocycles. The Morgan fingerprint density at radius 1 is 1.00 bits per heavy atom. The van der Waals surface area contributed by atoms with Crippen LogP contribution in [-0.4, -0.2) is 32.2 Å². The van der Waals surface area contributed by atoms with E-state index < -0.39 is 29.6 Å². The zero-order valence-corrected chi connectivity index (χ0v) is 14.3. The van der Waals surface area contributed by atoms with Crippen molar-refractivity contribution in [3.63, 3.8) is 0 Å². The molecular weight excluding hydrogens is 348 g/mol. The van der Waals surface area contributed by atoms with Crippen LogP contribution < -0.4 is 14.8 Å². The molecule has 0 heterocycles. The Kier molecular flexibility index (Phi) is 6.11. The predicted molar refractivity (Wildman–Crippen MR) is 89.4 cm³/mol. The Morgan fingerprint density at radius 2 is 1.65 bits per heavy atom. The normalized spacial score (nSPS) is 11.4. The van der Waals surface area contributed by atoms with Crippen molar-refractivity contribution in [2.75, 3.05) is 19.5 Å². The number of nitrogens with one attached hydrogen (secondary N) is 1. The van der Waals surface area contributed by atoms with Crippen LogP contribution in [0.25, 0.3) is 0 Å². The summed E-state index contributed by atoms with van der Waals surface area (Å²) in [6, 6.07) is 7.05. The molecule has 0 spiro atoms. The van der Waals surface area contributed by atoms with Gasteiger partial charge in [-0.3, -0.25) is 4.79 Å². The van der Waals surface area contributed by atoms with Crippen LogP contribution in [0.3, 0.4) is 0 Å². The number of hydrogen-bond donors (Lipinski definition) is 1. The minimum atomic E-state index is -1.22. The summed E-state index contributed by atoms with van der Waals surface area (Å²) in [4.78, 5) is 24.2. The Morgan fingerprint density at radius 3 is 2.23 bits per heavy atom. The van der Waals surface area contributed by atoms with Gasteiger partial charge in [-0.25, -0.2) is 13.6 Å². The van der Waals surface area contributed by atoms with Crippen LogP contribution >= 0.6 is 0 Å². The molecule has 0 aliphatic carbocycles. The summed E-state index contributed by atoms with van der Waals surface area (Å²) in [5.41, 5.74) is -0.0161. The highest BCUT2D eigenvalue weighted by Gasteiger charge is 2.21. The smallest absolute Gasteiger partial charge is 0.339 e. The Hall–Kier alpha value is -3.16. The minimum Gasteiger partial charge on any atom is -0.497 e. The number of anilines is 1. The highest BCUT2D eigenvalue weighted by molar-refractivity contribution is 5.98. The molecule has 2 aromatic rings. The molecule has 0 radical (unpaired) electrons. The molecule has 6 nitrogen and oxygen atoms in total. The number of carbonyl (C=O) groups excluding carboxylic acids is 2. The molecule has 2 rings (SSSR count). The standard InChI is InChI=1S/C18H17F2NO5/c1-10(26-18(23)11-6-12(19)8-13(20)7-11)17(22)21-15-9-14(24-2)4-5-16(15)25-3/h4-10H,1-3H3,(H,21,22)/t10-/m1/s1. The molecular formula is C18H17F2NO5. The molecule has 0 bridgehead atoms. The van der Waals surface area contributed by atoms with Crippen molar-refractivity contribution in [1.82, 2.24) is 0 Å². The monoisotopic (exact) mass is 365 g/mol. The minimum absolute atomic E-state index is 0.316. The van der Waals surface area contributed by atoms with Crippen molar-refractivity contribution >= 4 is 17.6 Å². The molecule has 0 aliphatic rings. The van der Waals surface area contributed by atoms with Crippen molar-refractivity contribution < 1.29 is 32.6 Å². The fraction of sp³-hybridized carbons (Fsp3) is 0.222. The molecule has 0 aromatic heterocycles. The molecule has 0 aliphatic heterocycles. The van der Waals surface area contributed by atoms with E-state index in [9.17, 15) is 18.4 Å². The van der Waals surface area contributed by atoms with E-state index in [1.165, 1.54) is 27.2 Å². The van der Waals surface area contributed by atoms with Gasteiger partial charge in [-0.05, 0) is 31.2 Å². The molecule has 0 saturated carbocycles. The summed E-state index contributed by atoms with van der Waals surface area (Å²) in [7, 11) is 2.90. The summed E-state index contributed by atoms with van der Waals surface area (Å²) < 4.78 is 41.5. The number of benzene rings is 2. The van der Waals surface area contributed by atoms with Crippen molar-refractivity contribution in [3.8, 4) is 11.5 Å². The second-order valence-corrected chi connectivity index (χ2v) is 5.26. The second kappa shape index (κ2) is 8.28. The maximum Gasteiger partial charge on any atom is 0.339 e. The molecule has 0 fully saturated rings. The number of carbonyl (C=O) groups is 2. The van der Waals surface area contributed by atoms with E-state index in [2.05, 4.69) is 5.32 Å². The lowest BCUT2D eigenvalue weighted by Gasteiger charge is -2.16. The first kappa shape index (κ1) is 19.2. The molecule has 1 N–H and O–H groups in total. The number of halogens is 2. The largest absolute Gasteiger partial charge is 0.497 e. The first-order chi connectivity index (χ1) is 12.3. The first-order valence-corrected chi connectivity index (χ1v) is 7.54. The van der Waals surface area contributed by atoms with Gasteiger partial charge in [0, 0.05) is 12.1 Å². The van der Waals surface area contributed by atoms with Crippen LogP contribution in [0, 0.1) is 11.6 Å². The van der Waals surface area contributed by atoms with E-state index in [-0.39, 0.29) is 5.56 Å². The van der Waals surface area contributed by atoms with E-state index in [0.717, 1.165) is 12.1 Å². The van der Waals surface area contributed by atoms with Crippen LogP contribution in [0.2, 0.25) is 0 Å². The summed E-state index contributed by atoms with van der Waals surface area (Å²) in [5, 5.41) is 2.55. The molecule has 2 aromatic carbocycles. The lowest BCUT2D eigenvalue weighted by atomic mass is 10.2. The average Bonchev–Trinajstić information content (AvgIpc) is 2.60. The zero-order valence-electron chi connectivity index (χ0n) is 14.3. The SMILES string of the molecule is COc1ccc(OC)c(NC(=O)[C@@H](C)OC(=O)c2cc(F)cc(F)c2)c1. The van der Waals surface area contributed by atoms with Gasteiger partial charge < -0.3 is 19.5 Å². The number of methoxy groups -OCH3 is 2. The maximum absolute atomic E-state index is 13.2. The first-order valence-electron chi connectivity index (χ1n) is 7.54. The Bertz CT molecular complexity index is 805. The molecule has 1 atom stereocenters. The van der Waals surface area contributed by atoms with Gasteiger partial charge in [-0.15, -0.1) is 0 Å². The summed E-state index contributed by atoms with van der Waals surface area (Å²) in [6.07, 6.45) is -1.22. The fourth-order valence-corrected chi connectivity index (χ4v) is 2.10. The van der Waals surface area contributed by atoms with Crippen molar-refractivity contribution in [1.29, 1.82) is 0 Å². The molecule has 1 amide bonds. The summed E-state index contributed by atoms with van der Waals surface area (Å²) >= 11 is 0. The van der Waals surface area contributed by atoms with Gasteiger partial charge in [-0.2, -0.15) is 0 Å². The average molecular weight is 365 g/mol. The topological polar surface area (TPSA) is 73.9 Å². The van der Waals surface area contributed by atoms with E-state index in [1.54, 1.807) is 12.1 Å². The van der Waals surface area contributed by atoms with Gasteiger partial charge in [0.1, 0.15) is 23.1 Å². The number of esters is 1. The van der Waals surface area contributed by atoms with E-state index in [0.29, 0.717) is 23.3 Å². The van der Waals surface area contributed by atoms with Crippen molar-refractivity contribution in [2.24, 2.45) is 0 Å². The van der Waals surface area contributed by atoms with Crippen LogP contribution in [0.4, 0.5) is 14.5 Å². The third-order valence-electron chi connectivity index (χ3n) is 3.42. The van der Waals surface area contributed by atoms with Gasteiger partial charge >= 0.3 is 5.97 Å². The fourth-order valence-electron chi connectivity index (χ4n) is 2.10. The van der Waals surface area contributed by atoms with Gasteiger partial charge in [0.25, 0.3) is 5.91 Å². The Balaban J connectivity index is 2.09. The second-order valence-electron chi connectivity index (χ2n) is 5.26. The highest BCUT2D eigenvalue weighted by Crippen LogP contribution is 2.29. The number of rotatable bonds is 6. The lowest BCUT2D eigenvalue weighted by Crippen LogP contribution is -2.30. The van der Waals surface area contributed by atoms with Crippen LogP contribution in [0.1, 0.15) is 17.3 Å². The van der Waals surface area contributed by atoms with E-state index >= 15 is 0 Å². The Labute approximate surface area is 148 Å². The third kappa shape index (κ3) is 4.69. The summed E-state index contributed by atoms with van der Waals surface area (Å²) in [5.74, 6) is -2.65. The van der Waals surface area contributed by atoms with Crippen LogP contribution in [0.5, 0.6) is 11.5 Å². The van der Waals surface area contributed by atoms with Crippen molar-refractivity contribution in [3.05, 3.63) is 53.6 Å². The number of amides is 1. The van der Waals surface area contributed by atoms with Gasteiger partial charge in [0.2, 0.25) is 0 Å². The number of hydrogen-bond acceptors (Lipinski definition) is 5. The van der Waals surface area contributed by atoms with E-state index in [4.69, 9.17) is 14.2 Å². The number of ether oxygens (including phenoxy) is 3. The quantitative estimate of drug-likeness (QED) is 0.796. The molecule has 0 unspecified atom stereocenters. The van der Waals surface area contributed by atoms with Gasteiger partial charge in [0.05, 0.1) is 25.5 Å². The lowest BCUT2D eigenvalue weighted by molar-refractivity contribution is -0.123. The zero-order chi connectivity index (χ0) is 19.3.